The third-order valence-electron chi connectivity index (χ3n) is 4.58. The summed E-state index contributed by atoms with van der Waals surface area (Å²) in [4.78, 5) is 25.3. The van der Waals surface area contributed by atoms with E-state index >= 15 is 0 Å². The van der Waals surface area contributed by atoms with Crippen molar-refractivity contribution in [3.8, 4) is 22.4 Å². The molecular weight excluding hydrogens is 405 g/mol. The Kier molecular flexibility index (Phi) is 5.47. The number of aromatic carboxylic acids is 1. The van der Waals surface area contributed by atoms with Gasteiger partial charge < -0.3 is 9.67 Å². The van der Waals surface area contributed by atoms with Gasteiger partial charge in [0.05, 0.1) is 21.3 Å². The van der Waals surface area contributed by atoms with Crippen molar-refractivity contribution in [2.45, 2.75) is 27.3 Å². The number of hydrogen-bond donors (Lipinski definition) is 1. The summed E-state index contributed by atoms with van der Waals surface area (Å²) in [6.07, 6.45) is 0. The molecule has 0 unspecified atom stereocenters. The monoisotopic (exact) mass is 421 g/mol. The molecule has 27 heavy (non-hydrogen) atoms. The highest BCUT2D eigenvalue weighted by Gasteiger charge is 2.26. The van der Waals surface area contributed by atoms with Crippen LogP contribution in [0.4, 0.5) is 0 Å². The predicted octanol–water partition coefficient (Wildman–Crippen LogP) is 5.89. The van der Waals surface area contributed by atoms with E-state index < -0.39 is 11.4 Å². The number of thiophene rings is 1. The van der Waals surface area contributed by atoms with Crippen LogP contribution in [-0.2, 0) is 6.54 Å². The van der Waals surface area contributed by atoms with Crippen molar-refractivity contribution in [3.05, 3.63) is 66.0 Å². The second kappa shape index (κ2) is 7.50. The number of aryl methyl sites for hydroxylation is 1. The molecule has 0 aliphatic carbocycles. The Morgan fingerprint density at radius 3 is 2.41 bits per heavy atom. The van der Waals surface area contributed by atoms with Crippen molar-refractivity contribution in [1.82, 2.24) is 4.57 Å². The molecule has 140 valence electrons. The van der Waals surface area contributed by atoms with E-state index in [-0.39, 0.29) is 5.56 Å². The molecule has 3 aromatic rings. The van der Waals surface area contributed by atoms with E-state index in [2.05, 4.69) is 0 Å². The Morgan fingerprint density at radius 2 is 1.89 bits per heavy atom. The number of rotatable bonds is 4. The maximum atomic E-state index is 13.2. The molecule has 0 bridgehead atoms. The van der Waals surface area contributed by atoms with Crippen molar-refractivity contribution >= 4 is 40.5 Å². The van der Waals surface area contributed by atoms with Crippen LogP contribution in [0.5, 0.6) is 0 Å². The summed E-state index contributed by atoms with van der Waals surface area (Å²) < 4.78 is 1.84. The number of carbonyl (C=O) groups is 1. The second-order valence-corrected chi connectivity index (χ2v) is 7.72. The number of pyridine rings is 1. The van der Waals surface area contributed by atoms with Gasteiger partial charge in [-0.25, -0.2) is 4.79 Å². The van der Waals surface area contributed by atoms with E-state index in [9.17, 15) is 14.7 Å². The molecule has 0 fully saturated rings. The van der Waals surface area contributed by atoms with E-state index in [0.717, 1.165) is 16.8 Å². The summed E-state index contributed by atoms with van der Waals surface area (Å²) in [7, 11) is 0. The van der Waals surface area contributed by atoms with Crippen LogP contribution in [0.3, 0.4) is 0 Å². The van der Waals surface area contributed by atoms with Crippen LogP contribution >= 0.6 is 34.5 Å². The van der Waals surface area contributed by atoms with Gasteiger partial charge in [-0.05, 0) is 49.2 Å². The van der Waals surface area contributed by atoms with E-state index in [1.54, 1.807) is 18.2 Å². The van der Waals surface area contributed by atoms with Crippen LogP contribution in [0.15, 0.2) is 33.8 Å². The van der Waals surface area contributed by atoms with Gasteiger partial charge in [-0.2, -0.15) is 11.3 Å². The summed E-state index contributed by atoms with van der Waals surface area (Å²) in [5.74, 6) is -1.27. The zero-order chi connectivity index (χ0) is 19.9. The van der Waals surface area contributed by atoms with Gasteiger partial charge in [0.25, 0.3) is 0 Å². The topological polar surface area (TPSA) is 59.3 Å². The second-order valence-electron chi connectivity index (χ2n) is 6.16. The summed E-state index contributed by atoms with van der Waals surface area (Å²) in [5, 5.41) is 14.4. The molecule has 4 nitrogen and oxygen atoms in total. The van der Waals surface area contributed by atoms with Gasteiger partial charge in [-0.3, -0.25) is 4.79 Å². The molecule has 0 aliphatic rings. The number of carboxylic acids is 1. The van der Waals surface area contributed by atoms with Crippen molar-refractivity contribution < 1.29 is 9.90 Å². The largest absolute Gasteiger partial charge is 0.477 e. The van der Waals surface area contributed by atoms with E-state index in [1.807, 2.05) is 36.1 Å². The van der Waals surface area contributed by atoms with E-state index in [1.165, 1.54) is 11.3 Å². The lowest BCUT2D eigenvalue weighted by molar-refractivity contribution is 0.0695. The van der Waals surface area contributed by atoms with Crippen LogP contribution in [-0.4, -0.2) is 15.6 Å². The highest BCUT2D eigenvalue weighted by Crippen LogP contribution is 2.34. The number of hydrogen-bond acceptors (Lipinski definition) is 3. The predicted molar refractivity (Wildman–Crippen MR) is 112 cm³/mol. The summed E-state index contributed by atoms with van der Waals surface area (Å²) in [5.41, 5.74) is 2.98. The van der Waals surface area contributed by atoms with Gasteiger partial charge in [0.15, 0.2) is 0 Å². The van der Waals surface area contributed by atoms with Crippen molar-refractivity contribution in [2.75, 3.05) is 0 Å². The van der Waals surface area contributed by atoms with Gasteiger partial charge in [-0.15, -0.1) is 0 Å². The molecule has 2 aromatic heterocycles. The van der Waals surface area contributed by atoms with Gasteiger partial charge in [0.2, 0.25) is 5.43 Å². The Morgan fingerprint density at radius 1 is 1.19 bits per heavy atom. The third kappa shape index (κ3) is 3.31. The summed E-state index contributed by atoms with van der Waals surface area (Å²) in [6.45, 7) is 6.16. The molecule has 0 aliphatic heterocycles. The Labute approximate surface area is 170 Å². The fraction of sp³-hybridized carbons (Fsp3) is 0.200. The van der Waals surface area contributed by atoms with Crippen LogP contribution in [0.1, 0.15) is 28.5 Å². The molecule has 0 amide bonds. The first-order chi connectivity index (χ1) is 12.8. The first-order valence-corrected chi connectivity index (χ1v) is 9.97. The molecular formula is C20H17Cl2NO3S. The number of nitrogens with zero attached hydrogens (tertiary/aromatic N) is 1. The Balaban J connectivity index is 2.48. The molecule has 0 saturated heterocycles. The highest BCUT2D eigenvalue weighted by atomic mass is 35.5. The quantitative estimate of drug-likeness (QED) is 0.571. The molecule has 1 N–H and O–H groups in total. The third-order valence-corrected chi connectivity index (χ3v) is 6.18. The van der Waals surface area contributed by atoms with Crippen LogP contribution in [0, 0.1) is 13.8 Å². The zero-order valence-corrected chi connectivity index (χ0v) is 17.3. The van der Waals surface area contributed by atoms with Gasteiger partial charge in [0.1, 0.15) is 5.56 Å². The standard InChI is InChI=1S/C20H17Cl2NO3S/c1-4-23-11(3)16(13-9-27-8-10(13)2)19(24)17(20(25)26)18(23)12-5-6-14(21)15(22)7-12/h5-9H,4H2,1-3H3,(H,25,26). The minimum absolute atomic E-state index is 0.263. The normalized spacial score (nSPS) is 11.0. The van der Waals surface area contributed by atoms with Crippen LogP contribution in [0.25, 0.3) is 22.4 Å². The Bertz CT molecular complexity index is 1120. The van der Waals surface area contributed by atoms with Gasteiger partial charge in [0, 0.05) is 23.4 Å². The SMILES string of the molecule is CCn1c(C)c(-c2cscc2C)c(=O)c(C(=O)O)c1-c1ccc(Cl)c(Cl)c1. The smallest absolute Gasteiger partial charge is 0.341 e. The Hall–Kier alpha value is -2.08. The van der Waals surface area contributed by atoms with Crippen molar-refractivity contribution in [3.63, 3.8) is 0 Å². The molecule has 0 spiro atoms. The lowest BCUT2D eigenvalue weighted by Gasteiger charge is -2.21. The molecule has 0 atom stereocenters. The van der Waals surface area contributed by atoms with Gasteiger partial charge in [-0.1, -0.05) is 29.3 Å². The lowest BCUT2D eigenvalue weighted by Crippen LogP contribution is -2.25. The maximum Gasteiger partial charge on any atom is 0.341 e. The average molecular weight is 422 g/mol. The van der Waals surface area contributed by atoms with Crippen molar-refractivity contribution in [2.24, 2.45) is 0 Å². The first kappa shape index (κ1) is 19.7. The fourth-order valence-electron chi connectivity index (χ4n) is 3.31. The summed E-state index contributed by atoms with van der Waals surface area (Å²) >= 11 is 13.6. The average Bonchev–Trinajstić information content (AvgIpc) is 3.02. The number of benzene rings is 1. The fourth-order valence-corrected chi connectivity index (χ4v) is 4.44. The molecule has 1 aromatic carbocycles. The highest BCUT2D eigenvalue weighted by molar-refractivity contribution is 7.08. The number of halogens is 2. The van der Waals surface area contributed by atoms with E-state index in [4.69, 9.17) is 23.2 Å². The molecule has 0 saturated carbocycles. The molecule has 0 radical (unpaired) electrons. The van der Waals surface area contributed by atoms with Crippen LogP contribution < -0.4 is 5.43 Å². The summed E-state index contributed by atoms with van der Waals surface area (Å²) in [6, 6.07) is 4.87. The molecule has 3 rings (SSSR count). The minimum atomic E-state index is -1.27. The number of carboxylic acid groups (broad SMARTS) is 1. The number of aromatic nitrogens is 1. The van der Waals surface area contributed by atoms with Gasteiger partial charge >= 0.3 is 5.97 Å². The molecule has 7 heteroatoms. The zero-order valence-electron chi connectivity index (χ0n) is 15.0. The van der Waals surface area contributed by atoms with Crippen molar-refractivity contribution in [1.29, 1.82) is 0 Å². The lowest BCUT2D eigenvalue weighted by atomic mass is 9.96. The minimum Gasteiger partial charge on any atom is -0.477 e. The maximum absolute atomic E-state index is 13.2. The first-order valence-electron chi connectivity index (χ1n) is 8.27. The molecule has 2 heterocycles. The van der Waals surface area contributed by atoms with Crippen LogP contribution in [0.2, 0.25) is 10.0 Å². The van der Waals surface area contributed by atoms with E-state index in [0.29, 0.717) is 33.4 Å².